The highest BCUT2D eigenvalue weighted by atomic mass is 35.5. The maximum atomic E-state index is 11.7. The van der Waals surface area contributed by atoms with Crippen molar-refractivity contribution in [3.63, 3.8) is 0 Å². The summed E-state index contributed by atoms with van der Waals surface area (Å²) in [4.78, 5) is 16.8. The zero-order chi connectivity index (χ0) is 14.5. The van der Waals surface area contributed by atoms with Crippen LogP contribution in [0, 0.1) is 6.92 Å². The van der Waals surface area contributed by atoms with E-state index >= 15 is 0 Å². The smallest absolute Gasteiger partial charge is 0.358 e. The van der Waals surface area contributed by atoms with Crippen LogP contribution >= 0.6 is 22.9 Å². The molecule has 0 atom stereocenters. The molecule has 2 rings (SSSR count). The van der Waals surface area contributed by atoms with Crippen molar-refractivity contribution < 1.29 is 9.53 Å². The molecule has 4 nitrogen and oxygen atoms in total. The summed E-state index contributed by atoms with van der Waals surface area (Å²) in [5.41, 5.74) is 1.44. The minimum absolute atomic E-state index is 0.348. The fourth-order valence-corrected chi connectivity index (χ4v) is 2.70. The number of carbonyl (C=O) groups is 1. The van der Waals surface area contributed by atoms with E-state index in [9.17, 15) is 4.79 Å². The van der Waals surface area contributed by atoms with E-state index in [1.807, 2.05) is 31.2 Å². The number of nitrogens with one attached hydrogen (secondary N) is 1. The largest absolute Gasteiger partial charge is 0.461 e. The highest BCUT2D eigenvalue weighted by Gasteiger charge is 2.16. The first-order valence-corrected chi connectivity index (χ1v) is 7.42. The van der Waals surface area contributed by atoms with E-state index in [1.165, 1.54) is 11.3 Å². The molecule has 0 spiro atoms. The van der Waals surface area contributed by atoms with Gasteiger partial charge in [0.25, 0.3) is 0 Å². The average molecular weight is 311 g/mol. The third-order valence-electron chi connectivity index (χ3n) is 2.60. The van der Waals surface area contributed by atoms with Gasteiger partial charge in [-0.3, -0.25) is 0 Å². The Morgan fingerprint density at radius 3 is 3.00 bits per heavy atom. The summed E-state index contributed by atoms with van der Waals surface area (Å²) in [7, 11) is 0. The van der Waals surface area contributed by atoms with Crippen LogP contribution in [0.1, 0.15) is 27.9 Å². The third-order valence-corrected chi connectivity index (χ3v) is 3.76. The number of halogens is 1. The highest BCUT2D eigenvalue weighted by Crippen LogP contribution is 2.23. The molecule has 2 aromatic rings. The molecule has 1 N–H and O–H groups in total. The molecule has 1 aromatic heterocycles. The second-order valence-electron chi connectivity index (χ2n) is 4.13. The molecule has 0 saturated heterocycles. The number of aryl methyl sites for hydroxylation is 1. The predicted molar refractivity (Wildman–Crippen MR) is 81.6 cm³/mol. The van der Waals surface area contributed by atoms with E-state index in [0.717, 1.165) is 10.4 Å². The molecule has 1 aromatic carbocycles. The first-order valence-electron chi connectivity index (χ1n) is 6.23. The van der Waals surface area contributed by atoms with Gasteiger partial charge in [0, 0.05) is 16.4 Å². The Labute approximate surface area is 126 Å². The molecule has 0 amide bonds. The van der Waals surface area contributed by atoms with Gasteiger partial charge in [0.2, 0.25) is 0 Å². The Kier molecular flexibility index (Phi) is 4.98. The number of carbonyl (C=O) groups excluding carboxylic acids is 1. The minimum Gasteiger partial charge on any atom is -0.461 e. The van der Waals surface area contributed by atoms with Crippen LogP contribution in [0.2, 0.25) is 5.02 Å². The lowest BCUT2D eigenvalue weighted by atomic mass is 10.2. The summed E-state index contributed by atoms with van der Waals surface area (Å²) in [6.45, 7) is 4.59. The molecule has 106 valence electrons. The zero-order valence-corrected chi connectivity index (χ0v) is 12.8. The standard InChI is InChI=1S/C14H15ClN2O2S/c1-3-19-13(18)12-9(2)20-14(17-12)16-8-10-5-4-6-11(15)7-10/h4-7H,3,8H2,1-2H3,(H,16,17). The topological polar surface area (TPSA) is 51.2 Å². The molecule has 0 saturated carbocycles. The molecule has 0 aliphatic rings. The molecule has 0 fully saturated rings. The van der Waals surface area contributed by atoms with Crippen LogP contribution < -0.4 is 5.32 Å². The molecule has 20 heavy (non-hydrogen) atoms. The van der Waals surface area contributed by atoms with Crippen molar-refractivity contribution in [1.82, 2.24) is 4.98 Å². The Balaban J connectivity index is 2.04. The maximum absolute atomic E-state index is 11.7. The average Bonchev–Trinajstić information content (AvgIpc) is 2.78. The predicted octanol–water partition coefficient (Wildman–Crippen LogP) is 3.89. The van der Waals surface area contributed by atoms with E-state index in [0.29, 0.717) is 29.0 Å². The van der Waals surface area contributed by atoms with Crippen LogP contribution in [0.25, 0.3) is 0 Å². The van der Waals surface area contributed by atoms with Crippen molar-refractivity contribution in [1.29, 1.82) is 0 Å². The number of rotatable bonds is 5. The van der Waals surface area contributed by atoms with E-state index < -0.39 is 0 Å². The molecule has 0 aliphatic carbocycles. The molecule has 0 aliphatic heterocycles. The molecule has 1 heterocycles. The molecular weight excluding hydrogens is 296 g/mol. The number of anilines is 1. The number of hydrogen-bond acceptors (Lipinski definition) is 5. The van der Waals surface area contributed by atoms with Gasteiger partial charge in [0.1, 0.15) is 0 Å². The highest BCUT2D eigenvalue weighted by molar-refractivity contribution is 7.15. The Hall–Kier alpha value is -1.59. The van der Waals surface area contributed by atoms with Crippen molar-refractivity contribution in [3.8, 4) is 0 Å². The van der Waals surface area contributed by atoms with Gasteiger partial charge in [-0.2, -0.15) is 0 Å². The fourth-order valence-electron chi connectivity index (χ4n) is 1.69. The molecule has 0 bridgehead atoms. The van der Waals surface area contributed by atoms with Crippen molar-refractivity contribution in [2.24, 2.45) is 0 Å². The summed E-state index contributed by atoms with van der Waals surface area (Å²) >= 11 is 7.37. The lowest BCUT2D eigenvalue weighted by Crippen LogP contribution is -2.07. The first kappa shape index (κ1) is 14.8. The minimum atomic E-state index is -0.378. The molecule has 6 heteroatoms. The molecule has 0 unspecified atom stereocenters. The summed E-state index contributed by atoms with van der Waals surface area (Å²) in [5, 5.41) is 4.59. The van der Waals surface area contributed by atoms with Crippen LogP contribution in [-0.2, 0) is 11.3 Å². The Morgan fingerprint density at radius 2 is 2.30 bits per heavy atom. The van der Waals surface area contributed by atoms with Crippen molar-refractivity contribution in [2.75, 3.05) is 11.9 Å². The van der Waals surface area contributed by atoms with Gasteiger partial charge in [-0.25, -0.2) is 9.78 Å². The second kappa shape index (κ2) is 6.72. The molecule has 0 radical (unpaired) electrons. The summed E-state index contributed by atoms with van der Waals surface area (Å²) < 4.78 is 4.96. The Bertz CT molecular complexity index is 613. The zero-order valence-electron chi connectivity index (χ0n) is 11.3. The number of esters is 1. The lowest BCUT2D eigenvalue weighted by Gasteiger charge is -2.03. The van der Waals surface area contributed by atoms with Gasteiger partial charge < -0.3 is 10.1 Å². The quantitative estimate of drug-likeness (QED) is 0.851. The van der Waals surface area contributed by atoms with E-state index in [1.54, 1.807) is 6.92 Å². The normalized spacial score (nSPS) is 10.3. The van der Waals surface area contributed by atoms with Crippen molar-refractivity contribution >= 4 is 34.0 Å². The van der Waals surface area contributed by atoms with Gasteiger partial charge in [0.05, 0.1) is 6.61 Å². The number of ether oxygens (including phenoxy) is 1. The third kappa shape index (κ3) is 3.71. The number of benzene rings is 1. The van der Waals surface area contributed by atoms with Crippen LogP contribution in [0.5, 0.6) is 0 Å². The van der Waals surface area contributed by atoms with E-state index in [2.05, 4.69) is 10.3 Å². The second-order valence-corrected chi connectivity index (χ2v) is 5.77. The lowest BCUT2D eigenvalue weighted by molar-refractivity contribution is 0.0519. The Morgan fingerprint density at radius 1 is 1.50 bits per heavy atom. The van der Waals surface area contributed by atoms with Gasteiger partial charge in [-0.05, 0) is 31.5 Å². The van der Waals surface area contributed by atoms with Crippen LogP contribution in [0.3, 0.4) is 0 Å². The first-order chi connectivity index (χ1) is 9.60. The van der Waals surface area contributed by atoms with Crippen molar-refractivity contribution in [2.45, 2.75) is 20.4 Å². The van der Waals surface area contributed by atoms with Gasteiger partial charge in [-0.15, -0.1) is 11.3 Å². The van der Waals surface area contributed by atoms with Gasteiger partial charge >= 0.3 is 5.97 Å². The van der Waals surface area contributed by atoms with Crippen LogP contribution in [0.15, 0.2) is 24.3 Å². The number of nitrogens with zero attached hydrogens (tertiary/aromatic N) is 1. The summed E-state index contributed by atoms with van der Waals surface area (Å²) in [6.07, 6.45) is 0. The van der Waals surface area contributed by atoms with E-state index in [4.69, 9.17) is 16.3 Å². The van der Waals surface area contributed by atoms with E-state index in [-0.39, 0.29) is 5.97 Å². The number of aromatic nitrogens is 1. The number of hydrogen-bond donors (Lipinski definition) is 1. The monoisotopic (exact) mass is 310 g/mol. The van der Waals surface area contributed by atoms with Gasteiger partial charge in [0.15, 0.2) is 10.8 Å². The molecular formula is C14H15ClN2O2S. The van der Waals surface area contributed by atoms with Crippen molar-refractivity contribution in [3.05, 3.63) is 45.4 Å². The van der Waals surface area contributed by atoms with Gasteiger partial charge in [-0.1, -0.05) is 23.7 Å². The number of thiazole rings is 1. The summed E-state index contributed by atoms with van der Waals surface area (Å²) in [5.74, 6) is -0.378. The summed E-state index contributed by atoms with van der Waals surface area (Å²) in [6, 6.07) is 7.60. The van der Waals surface area contributed by atoms with Crippen LogP contribution in [-0.4, -0.2) is 17.6 Å². The maximum Gasteiger partial charge on any atom is 0.358 e. The fraction of sp³-hybridized carbons (Fsp3) is 0.286. The SMILES string of the molecule is CCOC(=O)c1nc(NCc2cccc(Cl)c2)sc1C. The van der Waals surface area contributed by atoms with Crippen LogP contribution in [0.4, 0.5) is 5.13 Å².